The van der Waals surface area contributed by atoms with Crippen molar-refractivity contribution in [1.29, 1.82) is 0 Å². The molecule has 2 fully saturated rings. The lowest BCUT2D eigenvalue weighted by molar-refractivity contribution is -0.136. The zero-order valence-corrected chi connectivity index (χ0v) is 19.7. The number of nitrogens with zero attached hydrogens (tertiary/aromatic N) is 2. The molecule has 2 N–H and O–H groups in total. The number of likely N-dealkylation sites (tertiary alicyclic amines) is 1. The van der Waals surface area contributed by atoms with Crippen molar-refractivity contribution >= 4 is 16.8 Å². The van der Waals surface area contributed by atoms with Gasteiger partial charge in [0.1, 0.15) is 0 Å². The molecule has 0 bridgehead atoms. The van der Waals surface area contributed by atoms with Crippen LogP contribution in [-0.2, 0) is 4.79 Å². The van der Waals surface area contributed by atoms with Gasteiger partial charge in [-0.1, -0.05) is 19.9 Å². The van der Waals surface area contributed by atoms with E-state index >= 15 is 0 Å². The summed E-state index contributed by atoms with van der Waals surface area (Å²) in [4.78, 5) is 23.1. The Morgan fingerprint density at radius 2 is 1.88 bits per heavy atom. The van der Waals surface area contributed by atoms with Gasteiger partial charge in [0.05, 0.1) is 11.7 Å². The maximum absolute atomic E-state index is 12.8. The van der Waals surface area contributed by atoms with E-state index in [-0.39, 0.29) is 11.9 Å². The van der Waals surface area contributed by atoms with Crippen LogP contribution in [0.4, 0.5) is 0 Å². The molecule has 2 aromatic heterocycles. The molecule has 5 rings (SSSR count). The van der Waals surface area contributed by atoms with Crippen molar-refractivity contribution in [2.75, 3.05) is 19.6 Å². The number of carbonyl (C=O) groups excluding carboxylic acids is 1. The first-order valence-electron chi connectivity index (χ1n) is 12.0. The largest absolute Gasteiger partial charge is 0.354 e. The third kappa shape index (κ3) is 3.83. The molecular weight excluding hydrogens is 396 g/mol. The smallest absolute Gasteiger partial charge is 0.239 e. The van der Waals surface area contributed by atoms with E-state index in [0.29, 0.717) is 11.8 Å². The van der Waals surface area contributed by atoms with Gasteiger partial charge in [0, 0.05) is 46.9 Å². The van der Waals surface area contributed by atoms with Crippen LogP contribution >= 0.6 is 0 Å². The number of fused-ring (bicyclic) bond motifs is 1. The van der Waals surface area contributed by atoms with E-state index in [1.807, 2.05) is 0 Å². The Bertz CT molecular complexity index is 1140. The minimum Gasteiger partial charge on any atom is -0.354 e. The van der Waals surface area contributed by atoms with Gasteiger partial charge in [-0.25, -0.2) is 0 Å². The first-order valence-corrected chi connectivity index (χ1v) is 12.0. The van der Waals surface area contributed by atoms with Crippen molar-refractivity contribution < 1.29 is 4.79 Å². The fraction of sp³-hybridized carbons (Fsp3) is 0.481. The molecule has 0 spiro atoms. The zero-order chi connectivity index (χ0) is 22.4. The fourth-order valence-electron chi connectivity index (χ4n) is 5.46. The summed E-state index contributed by atoms with van der Waals surface area (Å²) in [6, 6.07) is 11.3. The van der Waals surface area contributed by atoms with Gasteiger partial charge in [0.2, 0.25) is 5.91 Å². The molecular formula is C27H34N4O. The van der Waals surface area contributed by atoms with Gasteiger partial charge in [-0.3, -0.25) is 9.78 Å². The molecule has 1 aromatic carbocycles. The highest BCUT2D eigenvalue weighted by Crippen LogP contribution is 2.38. The van der Waals surface area contributed by atoms with Crippen molar-refractivity contribution in [2.45, 2.75) is 64.8 Å². The summed E-state index contributed by atoms with van der Waals surface area (Å²) >= 11 is 0. The van der Waals surface area contributed by atoms with E-state index in [1.165, 1.54) is 33.3 Å². The van der Waals surface area contributed by atoms with Crippen LogP contribution in [0.2, 0.25) is 0 Å². The van der Waals surface area contributed by atoms with Gasteiger partial charge in [-0.2, -0.15) is 0 Å². The topological polar surface area (TPSA) is 61.0 Å². The van der Waals surface area contributed by atoms with Gasteiger partial charge in [0.15, 0.2) is 0 Å². The van der Waals surface area contributed by atoms with Crippen LogP contribution in [0.5, 0.6) is 0 Å². The molecule has 2 aliphatic heterocycles. The van der Waals surface area contributed by atoms with Gasteiger partial charge in [-0.15, -0.1) is 0 Å². The first-order chi connectivity index (χ1) is 15.4. The van der Waals surface area contributed by atoms with Crippen LogP contribution in [0.15, 0.2) is 30.3 Å². The number of aromatic amines is 1. The Morgan fingerprint density at radius 3 is 2.53 bits per heavy atom. The van der Waals surface area contributed by atoms with Crippen molar-refractivity contribution in [3.8, 4) is 11.3 Å². The highest BCUT2D eigenvalue weighted by molar-refractivity contribution is 5.92. The lowest BCUT2D eigenvalue weighted by atomic mass is 9.88. The SMILES string of the molecule is Cc1cc(-c2[nH]c3ccc(C4CCCN(C(=O)C5CCN5)C4)cc3c2C(C)C)cc(C)n1. The van der Waals surface area contributed by atoms with Crippen LogP contribution in [0.25, 0.3) is 22.2 Å². The molecule has 0 aliphatic carbocycles. The van der Waals surface area contributed by atoms with Crippen LogP contribution in [0.1, 0.15) is 67.5 Å². The monoisotopic (exact) mass is 430 g/mol. The number of pyridine rings is 1. The second-order valence-electron chi connectivity index (χ2n) is 9.93. The molecule has 5 heteroatoms. The average molecular weight is 431 g/mol. The Hall–Kier alpha value is -2.66. The number of hydrogen-bond donors (Lipinski definition) is 2. The number of H-pyrrole nitrogens is 1. The Morgan fingerprint density at radius 1 is 1.12 bits per heavy atom. The summed E-state index contributed by atoms with van der Waals surface area (Å²) in [6.45, 7) is 11.3. The Labute approximate surface area is 190 Å². The highest BCUT2D eigenvalue weighted by atomic mass is 16.2. The summed E-state index contributed by atoms with van der Waals surface area (Å²) < 4.78 is 0. The van der Waals surface area contributed by atoms with E-state index in [9.17, 15) is 4.79 Å². The number of benzene rings is 1. The third-order valence-corrected chi connectivity index (χ3v) is 7.14. The molecule has 3 aromatic rings. The summed E-state index contributed by atoms with van der Waals surface area (Å²) in [5.41, 5.74) is 8.41. The van der Waals surface area contributed by atoms with Crippen molar-refractivity contribution in [3.63, 3.8) is 0 Å². The summed E-state index contributed by atoms with van der Waals surface area (Å²) in [6.07, 6.45) is 3.19. The number of amides is 1. The second-order valence-corrected chi connectivity index (χ2v) is 9.93. The molecule has 2 atom stereocenters. The zero-order valence-electron chi connectivity index (χ0n) is 19.7. The maximum Gasteiger partial charge on any atom is 0.239 e. The molecule has 0 radical (unpaired) electrons. The number of nitrogens with one attached hydrogen (secondary N) is 2. The Kier molecular flexibility index (Phi) is 5.54. The third-order valence-electron chi connectivity index (χ3n) is 7.14. The number of carbonyl (C=O) groups is 1. The summed E-state index contributed by atoms with van der Waals surface area (Å²) in [5.74, 6) is 1.09. The van der Waals surface area contributed by atoms with Crippen LogP contribution in [-0.4, -0.2) is 46.5 Å². The normalized spacial score (nSPS) is 21.2. The minimum atomic E-state index is 0.0447. The van der Waals surface area contributed by atoms with Gasteiger partial charge in [-0.05, 0) is 81.0 Å². The van der Waals surface area contributed by atoms with Gasteiger partial charge in [0.25, 0.3) is 0 Å². The van der Waals surface area contributed by atoms with Crippen LogP contribution < -0.4 is 5.32 Å². The number of hydrogen-bond acceptors (Lipinski definition) is 3. The second kappa shape index (κ2) is 8.36. The van der Waals surface area contributed by atoms with Gasteiger partial charge < -0.3 is 15.2 Å². The van der Waals surface area contributed by atoms with E-state index in [0.717, 1.165) is 50.3 Å². The molecule has 32 heavy (non-hydrogen) atoms. The summed E-state index contributed by atoms with van der Waals surface area (Å²) in [5, 5.41) is 4.58. The van der Waals surface area contributed by atoms with Crippen LogP contribution in [0, 0.1) is 13.8 Å². The molecule has 5 nitrogen and oxygen atoms in total. The van der Waals surface area contributed by atoms with E-state index in [1.54, 1.807) is 0 Å². The average Bonchev–Trinajstić information content (AvgIpc) is 3.11. The van der Waals surface area contributed by atoms with Crippen LogP contribution in [0.3, 0.4) is 0 Å². The first kappa shape index (κ1) is 21.2. The molecule has 2 unspecified atom stereocenters. The maximum atomic E-state index is 12.8. The fourth-order valence-corrected chi connectivity index (χ4v) is 5.46. The van der Waals surface area contributed by atoms with Crippen molar-refractivity contribution in [2.24, 2.45) is 0 Å². The Balaban J connectivity index is 1.50. The van der Waals surface area contributed by atoms with Crippen molar-refractivity contribution in [3.05, 3.63) is 52.8 Å². The minimum absolute atomic E-state index is 0.0447. The number of rotatable bonds is 4. The molecule has 0 saturated carbocycles. The molecule has 168 valence electrons. The predicted octanol–water partition coefficient (Wildman–Crippen LogP) is 5.04. The summed E-state index contributed by atoms with van der Waals surface area (Å²) in [7, 11) is 0. The van der Waals surface area contributed by atoms with E-state index < -0.39 is 0 Å². The number of piperidine rings is 1. The highest BCUT2D eigenvalue weighted by Gasteiger charge is 2.32. The van der Waals surface area contributed by atoms with Crippen molar-refractivity contribution in [1.82, 2.24) is 20.2 Å². The van der Waals surface area contributed by atoms with Gasteiger partial charge >= 0.3 is 0 Å². The molecule has 2 saturated heterocycles. The van der Waals surface area contributed by atoms with E-state index in [2.05, 4.69) is 78.2 Å². The van der Waals surface area contributed by atoms with E-state index in [4.69, 9.17) is 0 Å². The standard InChI is InChI=1S/C27H34N4O/c1-16(2)25-22-14-19(20-6-5-11-31(15-20)27(32)24-9-10-28-24)7-8-23(22)30-26(25)21-12-17(3)29-18(4)13-21/h7-8,12-14,16,20,24,28,30H,5-6,9-11,15H2,1-4H3. The molecule has 2 aliphatic rings. The predicted molar refractivity (Wildman–Crippen MR) is 130 cm³/mol. The lowest BCUT2D eigenvalue weighted by Crippen LogP contribution is -2.55. The lowest BCUT2D eigenvalue weighted by Gasteiger charge is -2.38. The molecule has 1 amide bonds. The quantitative estimate of drug-likeness (QED) is 0.610. The number of aromatic nitrogens is 2. The number of aryl methyl sites for hydroxylation is 2. The molecule has 4 heterocycles.